The van der Waals surface area contributed by atoms with Gasteiger partial charge in [-0.25, -0.2) is 0 Å². The Kier molecular flexibility index (Phi) is 6.00. The third-order valence-electron chi connectivity index (χ3n) is 5.03. The molecular formula is C21H23ClN4O. The number of hydrogen-bond donors (Lipinski definition) is 1. The SMILES string of the molecule is Cc1cccc(N2CCN(CC(=O)Nc3cc(Cl)ccc3C#N)CC2)c1C. The Morgan fingerprint density at radius 3 is 2.63 bits per heavy atom. The first-order chi connectivity index (χ1) is 13.0. The average molecular weight is 383 g/mol. The maximum Gasteiger partial charge on any atom is 0.238 e. The highest BCUT2D eigenvalue weighted by Gasteiger charge is 2.21. The third-order valence-corrected chi connectivity index (χ3v) is 5.27. The van der Waals surface area contributed by atoms with E-state index < -0.39 is 0 Å². The fraction of sp³-hybridized carbons (Fsp3) is 0.333. The third kappa shape index (κ3) is 4.60. The molecule has 0 spiro atoms. The lowest BCUT2D eigenvalue weighted by Crippen LogP contribution is -2.48. The lowest BCUT2D eigenvalue weighted by molar-refractivity contribution is -0.117. The summed E-state index contributed by atoms with van der Waals surface area (Å²) in [5, 5.41) is 12.5. The summed E-state index contributed by atoms with van der Waals surface area (Å²) >= 11 is 5.97. The second kappa shape index (κ2) is 8.43. The lowest BCUT2D eigenvalue weighted by atomic mass is 10.1. The zero-order valence-corrected chi connectivity index (χ0v) is 16.4. The number of amides is 1. The number of halogens is 1. The molecule has 140 valence electrons. The fourth-order valence-electron chi connectivity index (χ4n) is 3.34. The standard InChI is InChI=1S/C21H23ClN4O/c1-15-4-3-5-20(16(15)2)26-10-8-25(9-11-26)14-21(27)24-19-12-18(22)7-6-17(19)13-23/h3-7,12H,8-11,14H2,1-2H3,(H,24,27). The van der Waals surface area contributed by atoms with E-state index in [9.17, 15) is 4.79 Å². The Morgan fingerprint density at radius 1 is 1.19 bits per heavy atom. The molecule has 0 aliphatic carbocycles. The summed E-state index contributed by atoms with van der Waals surface area (Å²) in [6.45, 7) is 8.00. The monoisotopic (exact) mass is 382 g/mol. The maximum absolute atomic E-state index is 12.4. The van der Waals surface area contributed by atoms with Crippen LogP contribution in [0.25, 0.3) is 0 Å². The average Bonchev–Trinajstić information content (AvgIpc) is 2.65. The first-order valence-corrected chi connectivity index (χ1v) is 9.39. The molecule has 1 amide bonds. The molecule has 1 saturated heterocycles. The van der Waals surface area contributed by atoms with Crippen LogP contribution in [0.15, 0.2) is 36.4 Å². The van der Waals surface area contributed by atoms with Crippen LogP contribution < -0.4 is 10.2 Å². The number of carbonyl (C=O) groups is 1. The minimum atomic E-state index is -0.131. The van der Waals surface area contributed by atoms with Gasteiger partial charge in [-0.05, 0) is 49.2 Å². The van der Waals surface area contributed by atoms with Crippen LogP contribution in [0.4, 0.5) is 11.4 Å². The van der Waals surface area contributed by atoms with Crippen molar-refractivity contribution in [3.63, 3.8) is 0 Å². The topological polar surface area (TPSA) is 59.4 Å². The molecule has 1 aliphatic rings. The highest BCUT2D eigenvalue weighted by molar-refractivity contribution is 6.31. The number of benzene rings is 2. The van der Waals surface area contributed by atoms with Crippen molar-refractivity contribution in [3.8, 4) is 6.07 Å². The van der Waals surface area contributed by atoms with E-state index in [1.807, 2.05) is 0 Å². The van der Waals surface area contributed by atoms with Crippen molar-refractivity contribution in [1.82, 2.24) is 4.90 Å². The van der Waals surface area contributed by atoms with E-state index in [0.29, 0.717) is 22.8 Å². The molecule has 1 heterocycles. The van der Waals surface area contributed by atoms with Gasteiger partial charge in [0.1, 0.15) is 6.07 Å². The van der Waals surface area contributed by atoms with Gasteiger partial charge in [-0.1, -0.05) is 23.7 Å². The number of anilines is 2. The highest BCUT2D eigenvalue weighted by Crippen LogP contribution is 2.24. The molecule has 1 aliphatic heterocycles. The van der Waals surface area contributed by atoms with Crippen LogP contribution in [0.3, 0.4) is 0 Å². The van der Waals surface area contributed by atoms with Crippen LogP contribution in [0, 0.1) is 25.2 Å². The summed E-state index contributed by atoms with van der Waals surface area (Å²) in [5.41, 5.74) is 4.76. The molecular weight excluding hydrogens is 360 g/mol. The largest absolute Gasteiger partial charge is 0.369 e. The Labute approximate surface area is 165 Å². The van der Waals surface area contributed by atoms with E-state index in [2.05, 4.69) is 53.2 Å². The normalized spacial score (nSPS) is 14.7. The molecule has 1 fully saturated rings. The van der Waals surface area contributed by atoms with Gasteiger partial charge in [-0.15, -0.1) is 0 Å². The number of nitrogens with one attached hydrogen (secondary N) is 1. The highest BCUT2D eigenvalue weighted by atomic mass is 35.5. The minimum absolute atomic E-state index is 0.131. The number of nitrogens with zero attached hydrogens (tertiary/aromatic N) is 3. The molecule has 5 nitrogen and oxygen atoms in total. The van der Waals surface area contributed by atoms with E-state index in [-0.39, 0.29) is 5.91 Å². The maximum atomic E-state index is 12.4. The summed E-state index contributed by atoms with van der Waals surface area (Å²) in [6, 6.07) is 13.3. The molecule has 0 radical (unpaired) electrons. The summed E-state index contributed by atoms with van der Waals surface area (Å²) in [6.07, 6.45) is 0. The second-order valence-electron chi connectivity index (χ2n) is 6.83. The Morgan fingerprint density at radius 2 is 1.93 bits per heavy atom. The van der Waals surface area contributed by atoms with Gasteiger partial charge in [0, 0.05) is 36.9 Å². The predicted molar refractivity (Wildman–Crippen MR) is 109 cm³/mol. The van der Waals surface area contributed by atoms with E-state index in [4.69, 9.17) is 16.9 Å². The summed E-state index contributed by atoms with van der Waals surface area (Å²) in [5.74, 6) is -0.131. The molecule has 0 atom stereocenters. The van der Waals surface area contributed by atoms with Crippen LogP contribution in [0.1, 0.15) is 16.7 Å². The molecule has 3 rings (SSSR count). The van der Waals surface area contributed by atoms with E-state index in [0.717, 1.165) is 26.2 Å². The molecule has 0 bridgehead atoms. The van der Waals surface area contributed by atoms with Crippen molar-refractivity contribution >= 4 is 28.9 Å². The van der Waals surface area contributed by atoms with Crippen molar-refractivity contribution in [2.75, 3.05) is 42.9 Å². The number of hydrogen-bond acceptors (Lipinski definition) is 4. The van der Waals surface area contributed by atoms with Crippen molar-refractivity contribution in [2.24, 2.45) is 0 Å². The van der Waals surface area contributed by atoms with Gasteiger partial charge in [0.2, 0.25) is 5.91 Å². The zero-order chi connectivity index (χ0) is 19.4. The molecule has 2 aromatic rings. The zero-order valence-electron chi connectivity index (χ0n) is 15.6. The summed E-state index contributed by atoms with van der Waals surface area (Å²) < 4.78 is 0. The van der Waals surface area contributed by atoms with Crippen LogP contribution in [-0.2, 0) is 4.79 Å². The van der Waals surface area contributed by atoms with Gasteiger partial charge in [0.25, 0.3) is 0 Å². The fourth-order valence-corrected chi connectivity index (χ4v) is 3.51. The molecule has 27 heavy (non-hydrogen) atoms. The number of piperazine rings is 1. The Hall–Kier alpha value is -2.55. The van der Waals surface area contributed by atoms with E-state index >= 15 is 0 Å². The molecule has 0 saturated carbocycles. The molecule has 1 N–H and O–H groups in total. The number of aryl methyl sites for hydroxylation is 1. The Balaban J connectivity index is 1.56. The summed E-state index contributed by atoms with van der Waals surface area (Å²) in [7, 11) is 0. The number of nitriles is 1. The summed E-state index contributed by atoms with van der Waals surface area (Å²) in [4.78, 5) is 16.9. The van der Waals surface area contributed by atoms with Gasteiger partial charge in [0.05, 0.1) is 17.8 Å². The van der Waals surface area contributed by atoms with Crippen molar-refractivity contribution in [2.45, 2.75) is 13.8 Å². The first-order valence-electron chi connectivity index (χ1n) is 9.01. The second-order valence-corrected chi connectivity index (χ2v) is 7.27. The van der Waals surface area contributed by atoms with Gasteiger partial charge in [0.15, 0.2) is 0 Å². The molecule has 2 aromatic carbocycles. The smallest absolute Gasteiger partial charge is 0.238 e. The van der Waals surface area contributed by atoms with E-state index in [1.54, 1.807) is 18.2 Å². The van der Waals surface area contributed by atoms with Crippen LogP contribution in [-0.4, -0.2) is 43.5 Å². The molecule has 0 aromatic heterocycles. The van der Waals surface area contributed by atoms with Crippen LogP contribution in [0.2, 0.25) is 5.02 Å². The van der Waals surface area contributed by atoms with Gasteiger partial charge < -0.3 is 10.2 Å². The van der Waals surface area contributed by atoms with Gasteiger partial charge in [-0.3, -0.25) is 9.69 Å². The van der Waals surface area contributed by atoms with Crippen molar-refractivity contribution < 1.29 is 4.79 Å². The van der Waals surface area contributed by atoms with Crippen molar-refractivity contribution in [3.05, 3.63) is 58.1 Å². The van der Waals surface area contributed by atoms with Crippen LogP contribution in [0.5, 0.6) is 0 Å². The Bertz CT molecular complexity index is 882. The van der Waals surface area contributed by atoms with Crippen LogP contribution >= 0.6 is 11.6 Å². The first kappa shape index (κ1) is 19.2. The predicted octanol–water partition coefficient (Wildman–Crippen LogP) is 3.59. The molecule has 6 heteroatoms. The molecule has 0 unspecified atom stereocenters. The number of rotatable bonds is 4. The minimum Gasteiger partial charge on any atom is -0.369 e. The van der Waals surface area contributed by atoms with Crippen molar-refractivity contribution in [1.29, 1.82) is 5.26 Å². The number of carbonyl (C=O) groups excluding carboxylic acids is 1. The van der Waals surface area contributed by atoms with E-state index in [1.165, 1.54) is 16.8 Å². The van der Waals surface area contributed by atoms with Gasteiger partial charge in [-0.2, -0.15) is 5.26 Å². The quantitative estimate of drug-likeness (QED) is 0.877. The van der Waals surface area contributed by atoms with Gasteiger partial charge >= 0.3 is 0 Å². The lowest BCUT2D eigenvalue weighted by Gasteiger charge is -2.36.